The van der Waals surface area contributed by atoms with Gasteiger partial charge in [0, 0.05) is 18.6 Å². The van der Waals surface area contributed by atoms with Gasteiger partial charge in [-0.2, -0.15) is 10.2 Å². The maximum absolute atomic E-state index is 14.5. The number of nitrogens with one attached hydrogen (secondary N) is 2. The van der Waals surface area contributed by atoms with Crippen molar-refractivity contribution in [2.75, 3.05) is 5.32 Å². The van der Waals surface area contributed by atoms with Crippen LogP contribution in [0.25, 0.3) is 22.7 Å². The second-order valence-corrected chi connectivity index (χ2v) is 7.60. The molecule has 4 aromatic rings. The van der Waals surface area contributed by atoms with E-state index in [-0.39, 0.29) is 17.5 Å². The van der Waals surface area contributed by atoms with Crippen LogP contribution in [0.4, 0.5) is 10.1 Å². The van der Waals surface area contributed by atoms with E-state index in [9.17, 15) is 9.18 Å². The summed E-state index contributed by atoms with van der Waals surface area (Å²) in [7, 11) is 0. The number of pyridine rings is 1. The van der Waals surface area contributed by atoms with E-state index in [4.69, 9.17) is 4.42 Å². The number of halogens is 1. The fourth-order valence-electron chi connectivity index (χ4n) is 3.94. The SMILES string of the molecule is O=C(Nc1cn(C2CCCCC2)nc1-c1ncccc1F)c1ccc(-c2cn[nH]c2)o1. The minimum absolute atomic E-state index is 0.103. The first-order chi connectivity index (χ1) is 15.2. The van der Waals surface area contributed by atoms with Crippen molar-refractivity contribution in [1.82, 2.24) is 25.0 Å². The summed E-state index contributed by atoms with van der Waals surface area (Å²) in [6.07, 6.45) is 12.0. The molecule has 0 saturated heterocycles. The molecule has 0 bridgehead atoms. The zero-order valence-electron chi connectivity index (χ0n) is 16.7. The molecule has 0 spiro atoms. The average molecular weight is 420 g/mol. The second kappa shape index (κ2) is 8.17. The summed E-state index contributed by atoms with van der Waals surface area (Å²) in [6, 6.07) is 6.36. The number of nitrogens with zero attached hydrogens (tertiary/aromatic N) is 4. The van der Waals surface area contributed by atoms with E-state index in [2.05, 4.69) is 25.6 Å². The van der Waals surface area contributed by atoms with E-state index < -0.39 is 11.7 Å². The van der Waals surface area contributed by atoms with Crippen molar-refractivity contribution in [1.29, 1.82) is 0 Å². The Balaban J connectivity index is 1.46. The van der Waals surface area contributed by atoms with Gasteiger partial charge in [0.05, 0.1) is 23.5 Å². The first kappa shape index (κ1) is 19.2. The Kier molecular flexibility index (Phi) is 5.07. The molecule has 2 N–H and O–H groups in total. The topological polar surface area (TPSA) is 102 Å². The monoisotopic (exact) mass is 420 g/mol. The number of carbonyl (C=O) groups is 1. The number of H-pyrrole nitrogens is 1. The molecule has 4 heterocycles. The third-order valence-electron chi connectivity index (χ3n) is 5.52. The predicted molar refractivity (Wildman–Crippen MR) is 112 cm³/mol. The Morgan fingerprint density at radius 2 is 2.06 bits per heavy atom. The normalized spacial score (nSPS) is 14.6. The molecule has 1 saturated carbocycles. The number of rotatable bonds is 5. The molecule has 31 heavy (non-hydrogen) atoms. The lowest BCUT2D eigenvalue weighted by atomic mass is 9.96. The molecular weight excluding hydrogens is 399 g/mol. The van der Waals surface area contributed by atoms with E-state index >= 15 is 0 Å². The van der Waals surface area contributed by atoms with Crippen molar-refractivity contribution in [3.63, 3.8) is 0 Å². The summed E-state index contributed by atoms with van der Waals surface area (Å²) in [6.45, 7) is 0. The zero-order valence-corrected chi connectivity index (χ0v) is 16.7. The fourth-order valence-corrected chi connectivity index (χ4v) is 3.94. The van der Waals surface area contributed by atoms with E-state index in [0.29, 0.717) is 17.1 Å². The van der Waals surface area contributed by atoms with Gasteiger partial charge in [0.1, 0.15) is 17.1 Å². The van der Waals surface area contributed by atoms with E-state index in [1.807, 2.05) is 4.68 Å². The van der Waals surface area contributed by atoms with Crippen molar-refractivity contribution in [2.24, 2.45) is 0 Å². The first-order valence-corrected chi connectivity index (χ1v) is 10.3. The Hall–Kier alpha value is -3.75. The van der Waals surface area contributed by atoms with Gasteiger partial charge in [0.25, 0.3) is 5.91 Å². The number of anilines is 1. The third kappa shape index (κ3) is 3.86. The molecule has 1 aliphatic rings. The lowest BCUT2D eigenvalue weighted by Gasteiger charge is -2.21. The van der Waals surface area contributed by atoms with E-state index in [1.165, 1.54) is 24.8 Å². The molecule has 8 nitrogen and oxygen atoms in total. The molecule has 0 atom stereocenters. The van der Waals surface area contributed by atoms with Crippen molar-refractivity contribution < 1.29 is 13.6 Å². The molecule has 0 aromatic carbocycles. The Morgan fingerprint density at radius 3 is 2.84 bits per heavy atom. The van der Waals surface area contributed by atoms with Crippen LogP contribution in [0, 0.1) is 5.82 Å². The lowest BCUT2D eigenvalue weighted by Crippen LogP contribution is -2.13. The van der Waals surface area contributed by atoms with Gasteiger partial charge in [-0.25, -0.2) is 4.39 Å². The highest BCUT2D eigenvalue weighted by molar-refractivity contribution is 6.04. The van der Waals surface area contributed by atoms with Crippen LogP contribution in [-0.2, 0) is 0 Å². The van der Waals surface area contributed by atoms with Crippen LogP contribution in [0.15, 0.2) is 53.5 Å². The molecule has 1 amide bonds. The number of hydrogen-bond donors (Lipinski definition) is 2. The summed E-state index contributed by atoms with van der Waals surface area (Å²) in [5.41, 5.74) is 1.54. The highest BCUT2D eigenvalue weighted by Crippen LogP contribution is 2.33. The molecular formula is C22H21FN6O2. The maximum Gasteiger partial charge on any atom is 0.291 e. The summed E-state index contributed by atoms with van der Waals surface area (Å²) in [4.78, 5) is 17.0. The Bertz CT molecular complexity index is 1190. The zero-order chi connectivity index (χ0) is 21.2. The van der Waals surface area contributed by atoms with Crippen molar-refractivity contribution in [3.05, 3.63) is 60.6 Å². The van der Waals surface area contributed by atoms with Crippen molar-refractivity contribution in [3.8, 4) is 22.7 Å². The van der Waals surface area contributed by atoms with Gasteiger partial charge in [0.15, 0.2) is 11.6 Å². The van der Waals surface area contributed by atoms with Gasteiger partial charge >= 0.3 is 0 Å². The Labute approximate surface area is 177 Å². The summed E-state index contributed by atoms with van der Waals surface area (Å²) >= 11 is 0. The predicted octanol–water partition coefficient (Wildman–Crippen LogP) is 4.82. The standard InChI is InChI=1S/C22H21FN6O2/c23-16-7-4-10-24-20(16)21-17(13-29(28-21)15-5-2-1-3-6-15)27-22(30)19-9-8-18(31-19)14-11-25-26-12-14/h4,7-13,15H,1-3,5-6H2,(H,25,26)(H,27,30). The van der Waals surface area contributed by atoms with Crippen molar-refractivity contribution in [2.45, 2.75) is 38.1 Å². The fraction of sp³-hybridized carbons (Fsp3) is 0.273. The smallest absolute Gasteiger partial charge is 0.291 e. The number of carbonyl (C=O) groups excluding carboxylic acids is 1. The van der Waals surface area contributed by atoms with Crippen LogP contribution in [0.5, 0.6) is 0 Å². The molecule has 158 valence electrons. The quantitative estimate of drug-likeness (QED) is 0.482. The number of hydrogen-bond acceptors (Lipinski definition) is 5. The number of furan rings is 1. The molecule has 4 aromatic heterocycles. The van der Waals surface area contributed by atoms with Gasteiger partial charge in [-0.05, 0) is 37.1 Å². The van der Waals surface area contributed by atoms with Gasteiger partial charge in [-0.3, -0.25) is 19.6 Å². The number of aromatic amines is 1. The van der Waals surface area contributed by atoms with Crippen LogP contribution >= 0.6 is 0 Å². The molecule has 0 aliphatic heterocycles. The average Bonchev–Trinajstić information content (AvgIpc) is 3.55. The maximum atomic E-state index is 14.5. The van der Waals surface area contributed by atoms with Crippen molar-refractivity contribution >= 4 is 11.6 Å². The molecule has 9 heteroatoms. The Morgan fingerprint density at radius 1 is 1.19 bits per heavy atom. The molecule has 0 radical (unpaired) electrons. The summed E-state index contributed by atoms with van der Waals surface area (Å²) in [5.74, 6) is -0.287. The minimum atomic E-state index is -0.493. The minimum Gasteiger partial charge on any atom is -0.451 e. The molecule has 1 fully saturated rings. The highest BCUT2D eigenvalue weighted by atomic mass is 19.1. The van der Waals surface area contributed by atoms with Crippen LogP contribution in [0.3, 0.4) is 0 Å². The summed E-state index contributed by atoms with van der Waals surface area (Å²) < 4.78 is 22.0. The summed E-state index contributed by atoms with van der Waals surface area (Å²) in [5, 5.41) is 14.0. The number of amides is 1. The third-order valence-corrected chi connectivity index (χ3v) is 5.52. The first-order valence-electron chi connectivity index (χ1n) is 10.3. The van der Waals surface area contributed by atoms with Gasteiger partial charge in [0.2, 0.25) is 0 Å². The molecule has 0 unspecified atom stereocenters. The van der Waals surface area contributed by atoms with Gasteiger partial charge in [-0.15, -0.1) is 0 Å². The van der Waals surface area contributed by atoms with Gasteiger partial charge in [-0.1, -0.05) is 19.3 Å². The second-order valence-electron chi connectivity index (χ2n) is 7.60. The molecule has 5 rings (SSSR count). The van der Waals surface area contributed by atoms with Crippen LogP contribution in [0.1, 0.15) is 48.7 Å². The van der Waals surface area contributed by atoms with Gasteiger partial charge < -0.3 is 9.73 Å². The highest BCUT2D eigenvalue weighted by Gasteiger charge is 2.24. The van der Waals surface area contributed by atoms with Crippen LogP contribution in [-0.4, -0.2) is 30.9 Å². The largest absolute Gasteiger partial charge is 0.451 e. The molecule has 1 aliphatic carbocycles. The van der Waals surface area contributed by atoms with E-state index in [1.54, 1.807) is 30.7 Å². The lowest BCUT2D eigenvalue weighted by molar-refractivity contribution is 0.0997. The van der Waals surface area contributed by atoms with E-state index in [0.717, 1.165) is 31.2 Å². The van der Waals surface area contributed by atoms with Crippen LogP contribution < -0.4 is 5.32 Å². The number of aromatic nitrogens is 5. The van der Waals surface area contributed by atoms with Crippen LogP contribution in [0.2, 0.25) is 0 Å².